The maximum absolute atomic E-state index is 13.0. The third-order valence-electron chi connectivity index (χ3n) is 3.80. The van der Waals surface area contributed by atoms with E-state index < -0.39 is 0 Å². The van der Waals surface area contributed by atoms with Crippen LogP contribution in [0.2, 0.25) is 0 Å². The predicted octanol–water partition coefficient (Wildman–Crippen LogP) is 4.47. The molecule has 0 saturated carbocycles. The lowest BCUT2D eigenvalue weighted by Gasteiger charge is -2.19. The van der Waals surface area contributed by atoms with E-state index in [9.17, 15) is 4.39 Å². The minimum absolute atomic E-state index is 0.259. The number of nitrogens with one attached hydrogen (secondary N) is 1. The molecule has 0 unspecified atom stereocenters. The van der Waals surface area contributed by atoms with E-state index in [1.54, 1.807) is 12.1 Å². The first kappa shape index (κ1) is 14.6. The molecule has 2 aromatic carbocycles. The van der Waals surface area contributed by atoms with Gasteiger partial charge < -0.3 is 19.2 Å². The van der Waals surface area contributed by atoms with Crippen molar-refractivity contribution in [2.75, 3.05) is 18.5 Å². The second kappa shape index (κ2) is 6.28. The van der Waals surface area contributed by atoms with Crippen molar-refractivity contribution in [3.05, 3.63) is 66.2 Å². The smallest absolute Gasteiger partial charge is 0.163 e. The minimum atomic E-state index is -0.259. The summed E-state index contributed by atoms with van der Waals surface area (Å²) in [5.41, 5.74) is 1.78. The molecule has 4 rings (SSSR count). The van der Waals surface area contributed by atoms with Gasteiger partial charge in [-0.25, -0.2) is 4.39 Å². The van der Waals surface area contributed by atoms with E-state index >= 15 is 0 Å². The first-order valence-corrected chi connectivity index (χ1v) is 7.76. The molecule has 0 saturated heterocycles. The highest BCUT2D eigenvalue weighted by Crippen LogP contribution is 2.32. The number of ether oxygens (including phenoxy) is 2. The molecule has 5 heteroatoms. The van der Waals surface area contributed by atoms with Crippen LogP contribution < -0.4 is 14.8 Å². The van der Waals surface area contributed by atoms with Crippen molar-refractivity contribution >= 4 is 5.69 Å². The maximum atomic E-state index is 13.0. The van der Waals surface area contributed by atoms with E-state index in [0.29, 0.717) is 25.5 Å². The van der Waals surface area contributed by atoms with Crippen LogP contribution in [0.3, 0.4) is 0 Å². The molecule has 122 valence electrons. The van der Waals surface area contributed by atoms with Crippen LogP contribution >= 0.6 is 0 Å². The van der Waals surface area contributed by atoms with Gasteiger partial charge in [0, 0.05) is 17.3 Å². The Balaban J connectivity index is 1.44. The molecule has 1 aliphatic heterocycles. The molecule has 1 N–H and O–H groups in total. The van der Waals surface area contributed by atoms with Gasteiger partial charge in [-0.05, 0) is 48.5 Å². The fourth-order valence-corrected chi connectivity index (χ4v) is 2.58. The van der Waals surface area contributed by atoms with Gasteiger partial charge in [-0.3, -0.25) is 0 Å². The summed E-state index contributed by atoms with van der Waals surface area (Å²) in [6.07, 6.45) is 0. The van der Waals surface area contributed by atoms with Gasteiger partial charge in [-0.2, -0.15) is 0 Å². The number of fused-ring (bicyclic) bond motifs is 1. The second-order valence-corrected chi connectivity index (χ2v) is 5.48. The van der Waals surface area contributed by atoms with Gasteiger partial charge in [0.25, 0.3) is 0 Å². The van der Waals surface area contributed by atoms with Crippen LogP contribution in [0.5, 0.6) is 11.5 Å². The van der Waals surface area contributed by atoms with E-state index in [2.05, 4.69) is 5.32 Å². The maximum Gasteiger partial charge on any atom is 0.163 e. The van der Waals surface area contributed by atoms with Crippen molar-refractivity contribution in [1.82, 2.24) is 0 Å². The molecule has 0 fully saturated rings. The molecule has 1 aliphatic rings. The van der Waals surface area contributed by atoms with Crippen molar-refractivity contribution in [2.24, 2.45) is 0 Å². The first-order chi connectivity index (χ1) is 11.8. The third-order valence-corrected chi connectivity index (χ3v) is 3.80. The Kier molecular flexibility index (Phi) is 3.83. The highest BCUT2D eigenvalue weighted by Gasteiger charge is 2.12. The van der Waals surface area contributed by atoms with Crippen LogP contribution in [0, 0.1) is 5.82 Å². The third kappa shape index (κ3) is 3.06. The van der Waals surface area contributed by atoms with Gasteiger partial charge in [-0.15, -0.1) is 0 Å². The number of halogens is 1. The Labute approximate surface area is 138 Å². The molecule has 0 amide bonds. The van der Waals surface area contributed by atoms with Gasteiger partial charge in [-0.1, -0.05) is 0 Å². The average Bonchev–Trinajstić information content (AvgIpc) is 3.09. The molecule has 2 heterocycles. The number of furan rings is 1. The molecule has 24 heavy (non-hydrogen) atoms. The Morgan fingerprint density at radius 3 is 2.50 bits per heavy atom. The molecular weight excluding hydrogens is 309 g/mol. The van der Waals surface area contributed by atoms with Crippen LogP contribution in [0.1, 0.15) is 5.76 Å². The molecule has 0 radical (unpaired) electrons. The molecular formula is C19H16FNO3. The van der Waals surface area contributed by atoms with Crippen LogP contribution in [0.4, 0.5) is 10.1 Å². The number of hydrogen-bond acceptors (Lipinski definition) is 4. The summed E-state index contributed by atoms with van der Waals surface area (Å²) in [6.45, 7) is 1.69. The normalized spacial score (nSPS) is 12.9. The molecule has 3 aromatic rings. The summed E-state index contributed by atoms with van der Waals surface area (Å²) in [7, 11) is 0. The van der Waals surface area contributed by atoms with E-state index in [0.717, 1.165) is 28.5 Å². The lowest BCUT2D eigenvalue weighted by Crippen LogP contribution is -2.15. The molecule has 4 nitrogen and oxygen atoms in total. The number of rotatable bonds is 4. The van der Waals surface area contributed by atoms with Gasteiger partial charge in [0.2, 0.25) is 0 Å². The summed E-state index contributed by atoms with van der Waals surface area (Å²) in [5, 5.41) is 3.30. The average molecular weight is 325 g/mol. The molecule has 0 aliphatic carbocycles. The van der Waals surface area contributed by atoms with Gasteiger partial charge in [0.05, 0.1) is 6.54 Å². The fourth-order valence-electron chi connectivity index (χ4n) is 2.58. The summed E-state index contributed by atoms with van der Waals surface area (Å²) >= 11 is 0. The zero-order chi connectivity index (χ0) is 16.4. The highest BCUT2D eigenvalue weighted by atomic mass is 19.1. The molecule has 0 atom stereocenters. The fraction of sp³-hybridized carbons (Fsp3) is 0.158. The largest absolute Gasteiger partial charge is 0.486 e. The first-order valence-electron chi connectivity index (χ1n) is 7.76. The van der Waals surface area contributed by atoms with Crippen molar-refractivity contribution in [3.63, 3.8) is 0 Å². The number of anilines is 1. The highest BCUT2D eigenvalue weighted by molar-refractivity contribution is 5.58. The lowest BCUT2D eigenvalue weighted by atomic mass is 10.2. The Bertz CT molecular complexity index is 842. The van der Waals surface area contributed by atoms with Crippen LogP contribution in [0.15, 0.2) is 59.0 Å². The van der Waals surface area contributed by atoms with Gasteiger partial charge >= 0.3 is 0 Å². The summed E-state index contributed by atoms with van der Waals surface area (Å²) in [6, 6.07) is 15.8. The Hall–Kier alpha value is -2.95. The van der Waals surface area contributed by atoms with Crippen LogP contribution in [-0.2, 0) is 6.54 Å². The predicted molar refractivity (Wildman–Crippen MR) is 88.9 cm³/mol. The van der Waals surface area contributed by atoms with E-state index in [-0.39, 0.29) is 5.82 Å². The summed E-state index contributed by atoms with van der Waals surface area (Å²) in [5.74, 6) is 2.77. The van der Waals surface area contributed by atoms with Gasteiger partial charge in [0.15, 0.2) is 11.5 Å². The summed E-state index contributed by atoms with van der Waals surface area (Å²) < 4.78 is 29.9. The quantitative estimate of drug-likeness (QED) is 0.768. The zero-order valence-corrected chi connectivity index (χ0v) is 12.9. The molecule has 1 aromatic heterocycles. The van der Waals surface area contributed by atoms with E-state index in [4.69, 9.17) is 13.9 Å². The standard InChI is InChI=1S/C19H16FNO3/c20-14-3-1-13(2-4-14)17-8-6-16(24-17)12-21-15-5-7-18-19(11-15)23-10-9-22-18/h1-8,11,21H,9-10,12H2. The van der Waals surface area contributed by atoms with Crippen molar-refractivity contribution < 1.29 is 18.3 Å². The Morgan fingerprint density at radius 1 is 0.875 bits per heavy atom. The molecule has 0 spiro atoms. The lowest BCUT2D eigenvalue weighted by molar-refractivity contribution is 0.171. The van der Waals surface area contributed by atoms with Crippen molar-refractivity contribution in [3.8, 4) is 22.8 Å². The topological polar surface area (TPSA) is 43.6 Å². The number of benzene rings is 2. The monoisotopic (exact) mass is 325 g/mol. The summed E-state index contributed by atoms with van der Waals surface area (Å²) in [4.78, 5) is 0. The minimum Gasteiger partial charge on any atom is -0.486 e. The van der Waals surface area contributed by atoms with Crippen LogP contribution in [0.25, 0.3) is 11.3 Å². The van der Waals surface area contributed by atoms with E-state index in [1.165, 1.54) is 12.1 Å². The zero-order valence-electron chi connectivity index (χ0n) is 12.9. The van der Waals surface area contributed by atoms with Crippen molar-refractivity contribution in [1.29, 1.82) is 0 Å². The molecule has 0 bridgehead atoms. The van der Waals surface area contributed by atoms with Gasteiger partial charge in [0.1, 0.15) is 30.6 Å². The van der Waals surface area contributed by atoms with Crippen molar-refractivity contribution in [2.45, 2.75) is 6.54 Å². The van der Waals surface area contributed by atoms with E-state index in [1.807, 2.05) is 30.3 Å². The second-order valence-electron chi connectivity index (χ2n) is 5.48. The Morgan fingerprint density at radius 2 is 1.67 bits per heavy atom. The van der Waals surface area contributed by atoms with Crippen LogP contribution in [-0.4, -0.2) is 13.2 Å². The number of hydrogen-bond donors (Lipinski definition) is 1. The SMILES string of the molecule is Fc1ccc(-c2ccc(CNc3ccc4c(c3)OCCO4)o2)cc1.